The summed E-state index contributed by atoms with van der Waals surface area (Å²) in [4.78, 5) is 0. The molecule has 2 N–H and O–H groups in total. The van der Waals surface area contributed by atoms with E-state index >= 15 is 0 Å². The molecule has 1 nitrogen and oxygen atoms in total. The second-order valence-corrected chi connectivity index (χ2v) is 8.02. The van der Waals surface area contributed by atoms with Crippen molar-refractivity contribution in [2.45, 2.75) is 115 Å². The van der Waals surface area contributed by atoms with Gasteiger partial charge in [0.05, 0.1) is 0 Å². The van der Waals surface area contributed by atoms with E-state index in [2.05, 4.69) is 33.4 Å². The zero-order valence-electron chi connectivity index (χ0n) is 14.3. The molecule has 20 heavy (non-hydrogen) atoms. The SMILES string of the molecule is CCCCCCCCCCCCCCCC(C)(C)S.O. The highest BCUT2D eigenvalue weighted by Gasteiger charge is 2.09. The molecule has 0 bridgehead atoms. The average molecular weight is 305 g/mol. The van der Waals surface area contributed by atoms with Crippen LogP contribution in [0, 0.1) is 0 Å². The predicted molar refractivity (Wildman–Crippen MR) is 97.0 cm³/mol. The van der Waals surface area contributed by atoms with Gasteiger partial charge in [-0.25, -0.2) is 0 Å². The lowest BCUT2D eigenvalue weighted by atomic mass is 10.0. The van der Waals surface area contributed by atoms with Gasteiger partial charge >= 0.3 is 0 Å². The molecule has 0 aliphatic heterocycles. The summed E-state index contributed by atoms with van der Waals surface area (Å²) in [5.41, 5.74) is 0. The summed E-state index contributed by atoms with van der Waals surface area (Å²) in [6.07, 6.45) is 19.9. The molecule has 0 amide bonds. The number of hydrogen-bond acceptors (Lipinski definition) is 1. The lowest BCUT2D eigenvalue weighted by Gasteiger charge is -2.16. The van der Waals surface area contributed by atoms with Crippen LogP contribution in [0.15, 0.2) is 0 Å². The van der Waals surface area contributed by atoms with E-state index in [9.17, 15) is 0 Å². The lowest BCUT2D eigenvalue weighted by molar-refractivity contribution is 0.521. The van der Waals surface area contributed by atoms with Gasteiger partial charge in [-0.2, -0.15) is 12.6 Å². The number of rotatable bonds is 14. The van der Waals surface area contributed by atoms with Crippen molar-refractivity contribution in [3.05, 3.63) is 0 Å². The molecule has 0 unspecified atom stereocenters. The van der Waals surface area contributed by atoms with Crippen molar-refractivity contribution in [3.8, 4) is 0 Å². The minimum atomic E-state index is 0. The van der Waals surface area contributed by atoms with Gasteiger partial charge < -0.3 is 5.48 Å². The molecule has 0 aromatic rings. The third-order valence-corrected chi connectivity index (χ3v) is 4.12. The molecule has 2 heteroatoms. The van der Waals surface area contributed by atoms with E-state index in [1.165, 1.54) is 89.9 Å². The Bertz CT molecular complexity index is 175. The zero-order chi connectivity index (χ0) is 14.4. The van der Waals surface area contributed by atoms with Crippen molar-refractivity contribution in [3.63, 3.8) is 0 Å². The Morgan fingerprint density at radius 3 is 1.20 bits per heavy atom. The second-order valence-electron chi connectivity index (χ2n) is 6.81. The maximum Gasteiger partial charge on any atom is 0.00731 e. The first-order valence-corrected chi connectivity index (χ1v) is 9.23. The topological polar surface area (TPSA) is 31.5 Å². The Morgan fingerprint density at radius 1 is 0.600 bits per heavy atom. The van der Waals surface area contributed by atoms with Gasteiger partial charge in [-0.1, -0.05) is 104 Å². The van der Waals surface area contributed by atoms with E-state index in [0.29, 0.717) is 0 Å². The van der Waals surface area contributed by atoms with E-state index in [1.54, 1.807) is 0 Å². The Hall–Kier alpha value is 0.310. The Labute approximate surface area is 134 Å². The van der Waals surface area contributed by atoms with Crippen molar-refractivity contribution in [1.82, 2.24) is 0 Å². The van der Waals surface area contributed by atoms with Crippen molar-refractivity contribution in [2.24, 2.45) is 0 Å². The van der Waals surface area contributed by atoms with Gasteiger partial charge in [0.2, 0.25) is 0 Å². The van der Waals surface area contributed by atoms with Crippen LogP contribution in [-0.4, -0.2) is 10.2 Å². The molecule has 124 valence electrons. The monoisotopic (exact) mass is 304 g/mol. The van der Waals surface area contributed by atoms with Crippen LogP contribution in [0.25, 0.3) is 0 Å². The fraction of sp³-hybridized carbons (Fsp3) is 1.00. The zero-order valence-corrected chi connectivity index (χ0v) is 15.2. The van der Waals surface area contributed by atoms with Crippen LogP contribution in [0.2, 0.25) is 0 Å². The van der Waals surface area contributed by atoms with Crippen molar-refractivity contribution in [2.75, 3.05) is 0 Å². The molecule has 0 saturated carbocycles. The molecular weight excluding hydrogens is 264 g/mol. The van der Waals surface area contributed by atoms with Gasteiger partial charge in [0.15, 0.2) is 0 Å². The molecule has 0 heterocycles. The van der Waals surface area contributed by atoms with E-state index < -0.39 is 0 Å². The fourth-order valence-corrected chi connectivity index (χ4v) is 2.73. The Morgan fingerprint density at radius 2 is 0.900 bits per heavy atom. The summed E-state index contributed by atoms with van der Waals surface area (Å²) < 4.78 is 0.234. The molecular formula is C18H40OS. The minimum absolute atomic E-state index is 0. The minimum Gasteiger partial charge on any atom is -0.412 e. The average Bonchev–Trinajstić information content (AvgIpc) is 2.34. The smallest absolute Gasteiger partial charge is 0.00731 e. The Balaban J connectivity index is 0. The molecule has 0 aliphatic rings. The summed E-state index contributed by atoms with van der Waals surface area (Å²) in [5.74, 6) is 0. The largest absolute Gasteiger partial charge is 0.412 e. The van der Waals surface area contributed by atoms with E-state index in [1.807, 2.05) is 0 Å². The quantitative estimate of drug-likeness (QED) is 0.286. The maximum absolute atomic E-state index is 4.57. The highest BCUT2D eigenvalue weighted by atomic mass is 32.1. The van der Waals surface area contributed by atoms with E-state index in [0.717, 1.165) is 0 Å². The van der Waals surface area contributed by atoms with Crippen LogP contribution in [0.4, 0.5) is 0 Å². The molecule has 0 saturated heterocycles. The number of thiol groups is 1. The first-order chi connectivity index (χ1) is 9.06. The fourth-order valence-electron chi connectivity index (χ4n) is 2.58. The number of hydrogen-bond donors (Lipinski definition) is 1. The van der Waals surface area contributed by atoms with E-state index in [4.69, 9.17) is 0 Å². The second kappa shape index (κ2) is 15.7. The molecule has 0 atom stereocenters. The van der Waals surface area contributed by atoms with Crippen molar-refractivity contribution >= 4 is 12.6 Å². The standard InChI is InChI=1S/C18H38S.H2O/c1-4-5-6-7-8-9-10-11-12-13-14-15-16-17-18(2,3)19;/h19H,4-17H2,1-3H3;1H2. The van der Waals surface area contributed by atoms with Crippen molar-refractivity contribution < 1.29 is 5.48 Å². The predicted octanol–water partition coefficient (Wildman–Crippen LogP) is 6.35. The molecule has 0 fully saturated rings. The van der Waals surface area contributed by atoms with Crippen LogP contribution in [0.3, 0.4) is 0 Å². The highest BCUT2D eigenvalue weighted by Crippen LogP contribution is 2.21. The van der Waals surface area contributed by atoms with Crippen LogP contribution in [0.5, 0.6) is 0 Å². The summed E-state index contributed by atoms with van der Waals surface area (Å²) >= 11 is 4.57. The third kappa shape index (κ3) is 20.6. The van der Waals surface area contributed by atoms with E-state index in [-0.39, 0.29) is 10.2 Å². The van der Waals surface area contributed by atoms with Crippen LogP contribution >= 0.6 is 12.6 Å². The summed E-state index contributed by atoms with van der Waals surface area (Å²) in [6.45, 7) is 6.73. The van der Waals surface area contributed by atoms with Gasteiger partial charge in [-0.3, -0.25) is 0 Å². The van der Waals surface area contributed by atoms with Crippen LogP contribution in [0.1, 0.15) is 111 Å². The van der Waals surface area contributed by atoms with Crippen LogP contribution in [-0.2, 0) is 0 Å². The van der Waals surface area contributed by atoms with Gasteiger partial charge in [0.25, 0.3) is 0 Å². The lowest BCUT2D eigenvalue weighted by Crippen LogP contribution is -2.09. The number of unbranched alkanes of at least 4 members (excludes halogenated alkanes) is 12. The molecule has 0 aliphatic carbocycles. The van der Waals surface area contributed by atoms with Gasteiger partial charge in [-0.05, 0) is 6.42 Å². The summed E-state index contributed by atoms with van der Waals surface area (Å²) in [7, 11) is 0. The maximum atomic E-state index is 4.57. The first kappa shape index (κ1) is 22.6. The molecule has 0 aromatic heterocycles. The highest BCUT2D eigenvalue weighted by molar-refractivity contribution is 7.81. The first-order valence-electron chi connectivity index (χ1n) is 8.78. The molecule has 0 radical (unpaired) electrons. The van der Waals surface area contributed by atoms with Crippen molar-refractivity contribution in [1.29, 1.82) is 0 Å². The summed E-state index contributed by atoms with van der Waals surface area (Å²) in [6, 6.07) is 0. The Kier molecular flexibility index (Phi) is 17.7. The van der Waals surface area contributed by atoms with Crippen LogP contribution < -0.4 is 0 Å². The normalized spacial score (nSPS) is 11.4. The molecule has 0 spiro atoms. The van der Waals surface area contributed by atoms with Gasteiger partial charge in [0, 0.05) is 4.75 Å². The third-order valence-electron chi connectivity index (χ3n) is 3.89. The molecule has 0 rings (SSSR count). The van der Waals surface area contributed by atoms with Gasteiger partial charge in [-0.15, -0.1) is 0 Å². The van der Waals surface area contributed by atoms with Gasteiger partial charge in [0.1, 0.15) is 0 Å². The molecule has 0 aromatic carbocycles. The summed E-state index contributed by atoms with van der Waals surface area (Å²) in [5, 5.41) is 0.